The molecule has 7 nitrogen and oxygen atoms in total. The van der Waals surface area contributed by atoms with Crippen molar-refractivity contribution >= 4 is 33.4 Å². The van der Waals surface area contributed by atoms with Crippen LogP contribution >= 0.6 is 11.8 Å². The monoisotopic (exact) mass is 341 g/mol. The molecule has 0 fully saturated rings. The smallest absolute Gasteiger partial charge is 0.315 e. The first kappa shape index (κ1) is 16.4. The van der Waals surface area contributed by atoms with Gasteiger partial charge >= 0.3 is 5.97 Å². The molecule has 118 valence electrons. The molecule has 0 aliphatic heterocycles. The number of carbonyl (C=O) groups is 1. The van der Waals surface area contributed by atoms with Crippen LogP contribution in [0.25, 0.3) is 0 Å². The SMILES string of the molecule is COC(=O)CSCc1cccc(NS(=O)(=O)c2cn[nH]c2)c1. The minimum atomic E-state index is -3.65. The fraction of sp³-hybridized carbons (Fsp3) is 0.231. The Bertz CT molecular complexity index is 730. The predicted octanol–water partition coefficient (Wildman–Crippen LogP) is 1.62. The number of hydrogen-bond donors (Lipinski definition) is 2. The summed E-state index contributed by atoms with van der Waals surface area (Å²) in [4.78, 5) is 11.1. The largest absolute Gasteiger partial charge is 0.468 e. The number of H-pyrrole nitrogens is 1. The molecule has 1 aromatic heterocycles. The molecular formula is C13H15N3O4S2. The quantitative estimate of drug-likeness (QED) is 0.742. The number of benzene rings is 1. The second-order valence-electron chi connectivity index (χ2n) is 4.31. The first-order chi connectivity index (χ1) is 10.5. The zero-order valence-corrected chi connectivity index (χ0v) is 13.4. The van der Waals surface area contributed by atoms with Gasteiger partial charge < -0.3 is 4.74 Å². The number of aromatic amines is 1. The fourth-order valence-electron chi connectivity index (χ4n) is 1.64. The van der Waals surface area contributed by atoms with E-state index in [1.165, 1.54) is 31.3 Å². The topological polar surface area (TPSA) is 101 Å². The van der Waals surface area contributed by atoms with Crippen molar-refractivity contribution in [3.8, 4) is 0 Å². The zero-order chi connectivity index (χ0) is 16.0. The molecule has 0 unspecified atom stereocenters. The van der Waals surface area contributed by atoms with Gasteiger partial charge in [-0.05, 0) is 17.7 Å². The van der Waals surface area contributed by atoms with Gasteiger partial charge in [0.25, 0.3) is 10.0 Å². The molecule has 0 amide bonds. The molecule has 0 saturated heterocycles. The van der Waals surface area contributed by atoms with Gasteiger partial charge in [-0.3, -0.25) is 14.6 Å². The Morgan fingerprint density at radius 2 is 2.27 bits per heavy atom. The van der Waals surface area contributed by atoms with E-state index < -0.39 is 10.0 Å². The maximum Gasteiger partial charge on any atom is 0.315 e. The van der Waals surface area contributed by atoms with Crippen LogP contribution in [0, 0.1) is 0 Å². The minimum Gasteiger partial charge on any atom is -0.468 e. The molecule has 2 aromatic rings. The Kier molecular flexibility index (Phi) is 5.45. The van der Waals surface area contributed by atoms with Gasteiger partial charge in [-0.25, -0.2) is 8.42 Å². The molecule has 0 saturated carbocycles. The fourth-order valence-corrected chi connectivity index (χ4v) is 3.39. The van der Waals surface area contributed by atoms with Gasteiger partial charge in [0.1, 0.15) is 4.90 Å². The molecule has 1 heterocycles. The van der Waals surface area contributed by atoms with Crippen molar-refractivity contribution in [3.05, 3.63) is 42.2 Å². The summed E-state index contributed by atoms with van der Waals surface area (Å²) in [6.07, 6.45) is 2.54. The van der Waals surface area contributed by atoms with Crippen LogP contribution in [0.5, 0.6) is 0 Å². The minimum absolute atomic E-state index is 0.0676. The van der Waals surface area contributed by atoms with E-state index in [4.69, 9.17) is 0 Å². The normalized spacial score (nSPS) is 11.1. The number of methoxy groups -OCH3 is 1. The summed E-state index contributed by atoms with van der Waals surface area (Å²) in [5.41, 5.74) is 1.36. The molecule has 0 radical (unpaired) electrons. The van der Waals surface area contributed by atoms with Crippen LogP contribution in [0.3, 0.4) is 0 Å². The molecule has 9 heteroatoms. The molecular weight excluding hydrogens is 326 g/mol. The number of carbonyl (C=O) groups excluding carboxylic acids is 1. The van der Waals surface area contributed by atoms with Gasteiger partial charge in [0.15, 0.2) is 0 Å². The maximum atomic E-state index is 12.1. The van der Waals surface area contributed by atoms with Crippen LogP contribution in [0.15, 0.2) is 41.6 Å². The third-order valence-electron chi connectivity index (χ3n) is 2.68. The molecule has 0 aliphatic rings. The Balaban J connectivity index is 2.01. The maximum absolute atomic E-state index is 12.1. The van der Waals surface area contributed by atoms with E-state index in [-0.39, 0.29) is 16.6 Å². The Labute approximate surface area is 132 Å². The van der Waals surface area contributed by atoms with Gasteiger partial charge in [0, 0.05) is 17.6 Å². The number of nitrogens with zero attached hydrogens (tertiary/aromatic N) is 1. The van der Waals surface area contributed by atoms with Crippen molar-refractivity contribution in [1.82, 2.24) is 10.2 Å². The molecule has 2 N–H and O–H groups in total. The van der Waals surface area contributed by atoms with Gasteiger partial charge in [-0.1, -0.05) is 12.1 Å². The van der Waals surface area contributed by atoms with Crippen molar-refractivity contribution in [3.63, 3.8) is 0 Å². The molecule has 0 bridgehead atoms. The van der Waals surface area contributed by atoms with E-state index in [1.807, 2.05) is 6.07 Å². The summed E-state index contributed by atoms with van der Waals surface area (Å²) in [6, 6.07) is 7.00. The van der Waals surface area contributed by atoms with Crippen LogP contribution in [0.4, 0.5) is 5.69 Å². The Morgan fingerprint density at radius 3 is 2.95 bits per heavy atom. The van der Waals surface area contributed by atoms with Gasteiger partial charge in [0.05, 0.1) is 19.1 Å². The van der Waals surface area contributed by atoms with Gasteiger partial charge in [0.2, 0.25) is 0 Å². The lowest BCUT2D eigenvalue weighted by Crippen LogP contribution is -2.12. The zero-order valence-electron chi connectivity index (χ0n) is 11.8. The summed E-state index contributed by atoms with van der Waals surface area (Å²) in [5.74, 6) is 0.541. The number of aromatic nitrogens is 2. The van der Waals surface area contributed by atoms with Crippen LogP contribution in [-0.4, -0.2) is 37.4 Å². The van der Waals surface area contributed by atoms with Crippen molar-refractivity contribution in [2.24, 2.45) is 0 Å². The summed E-state index contributed by atoms with van der Waals surface area (Å²) >= 11 is 1.40. The highest BCUT2D eigenvalue weighted by Gasteiger charge is 2.15. The van der Waals surface area contributed by atoms with Crippen molar-refractivity contribution in [2.75, 3.05) is 17.6 Å². The summed E-state index contributed by atoms with van der Waals surface area (Å²) in [6.45, 7) is 0. The van der Waals surface area contributed by atoms with Crippen molar-refractivity contribution < 1.29 is 17.9 Å². The first-order valence-electron chi connectivity index (χ1n) is 6.26. The number of anilines is 1. The Morgan fingerprint density at radius 1 is 1.45 bits per heavy atom. The highest BCUT2D eigenvalue weighted by molar-refractivity contribution is 7.99. The van der Waals surface area contributed by atoms with Crippen LogP contribution < -0.4 is 4.72 Å². The highest BCUT2D eigenvalue weighted by atomic mass is 32.2. The molecule has 0 atom stereocenters. The van der Waals surface area contributed by atoms with E-state index in [9.17, 15) is 13.2 Å². The molecule has 2 rings (SSSR count). The number of rotatable bonds is 7. The first-order valence-corrected chi connectivity index (χ1v) is 8.90. The lowest BCUT2D eigenvalue weighted by Gasteiger charge is -2.08. The number of ether oxygens (including phenoxy) is 1. The van der Waals surface area contributed by atoms with E-state index in [1.54, 1.807) is 18.2 Å². The summed E-state index contributed by atoms with van der Waals surface area (Å²) in [5, 5.41) is 6.08. The molecule has 0 spiro atoms. The highest BCUT2D eigenvalue weighted by Crippen LogP contribution is 2.19. The van der Waals surface area contributed by atoms with Gasteiger partial charge in [-0.15, -0.1) is 11.8 Å². The Hall–Kier alpha value is -2.00. The lowest BCUT2D eigenvalue weighted by atomic mass is 10.2. The summed E-state index contributed by atoms with van der Waals surface area (Å²) < 4.78 is 31.2. The van der Waals surface area contributed by atoms with E-state index in [2.05, 4.69) is 19.7 Å². The van der Waals surface area contributed by atoms with Crippen LogP contribution in [-0.2, 0) is 25.3 Å². The third-order valence-corrected chi connectivity index (χ3v) is 5.00. The standard InChI is InChI=1S/C13H15N3O4S2/c1-20-13(17)9-21-8-10-3-2-4-11(5-10)16-22(18,19)12-6-14-15-7-12/h2-7,16H,8-9H2,1H3,(H,14,15). The van der Waals surface area contributed by atoms with Crippen molar-refractivity contribution in [1.29, 1.82) is 0 Å². The lowest BCUT2D eigenvalue weighted by molar-refractivity contribution is -0.137. The average Bonchev–Trinajstić information content (AvgIpc) is 3.02. The molecule has 1 aromatic carbocycles. The second kappa shape index (κ2) is 7.32. The average molecular weight is 341 g/mol. The number of hydrogen-bond acceptors (Lipinski definition) is 6. The van der Waals surface area contributed by atoms with Crippen LogP contribution in [0.2, 0.25) is 0 Å². The van der Waals surface area contributed by atoms with Crippen molar-refractivity contribution in [2.45, 2.75) is 10.6 Å². The molecule has 22 heavy (non-hydrogen) atoms. The second-order valence-corrected chi connectivity index (χ2v) is 6.98. The third kappa shape index (κ3) is 4.50. The predicted molar refractivity (Wildman–Crippen MR) is 84.0 cm³/mol. The van der Waals surface area contributed by atoms with Gasteiger partial charge in [-0.2, -0.15) is 5.10 Å². The van der Waals surface area contributed by atoms with E-state index in [0.29, 0.717) is 11.4 Å². The number of sulfonamides is 1. The molecule has 0 aliphatic carbocycles. The number of nitrogens with one attached hydrogen (secondary N) is 2. The van der Waals surface area contributed by atoms with E-state index in [0.717, 1.165) is 5.56 Å². The van der Waals surface area contributed by atoms with E-state index >= 15 is 0 Å². The van der Waals surface area contributed by atoms with Crippen LogP contribution in [0.1, 0.15) is 5.56 Å². The summed E-state index contributed by atoms with van der Waals surface area (Å²) in [7, 11) is -2.31. The number of esters is 1. The number of thioether (sulfide) groups is 1.